The molecule has 182 valence electrons. The molecule has 1 aromatic heterocycles. The SMILES string of the molecule is COc1ccc(CN(N)/N=C(\N)c2ccc(C3C(=O)NC(=O)N3c3ccc4[nH]cnc4c3)cc2)cc1. The summed E-state index contributed by atoms with van der Waals surface area (Å²) in [4.78, 5) is 34.0. The van der Waals surface area contributed by atoms with Crippen molar-refractivity contribution >= 4 is 34.5 Å². The highest BCUT2D eigenvalue weighted by molar-refractivity contribution is 6.15. The number of carbonyl (C=O) groups is 2. The number of benzene rings is 3. The van der Waals surface area contributed by atoms with Crippen molar-refractivity contribution in [2.24, 2.45) is 16.7 Å². The molecule has 0 saturated carbocycles. The van der Waals surface area contributed by atoms with Crippen LogP contribution < -0.4 is 26.5 Å². The number of ether oxygens (including phenoxy) is 1. The first-order valence-corrected chi connectivity index (χ1v) is 11.1. The lowest BCUT2D eigenvalue weighted by Gasteiger charge is -2.22. The second kappa shape index (κ2) is 9.39. The van der Waals surface area contributed by atoms with Gasteiger partial charge in [0.05, 0.1) is 31.0 Å². The molecule has 1 saturated heterocycles. The Morgan fingerprint density at radius 3 is 2.58 bits per heavy atom. The van der Waals surface area contributed by atoms with Gasteiger partial charge in [0, 0.05) is 11.3 Å². The summed E-state index contributed by atoms with van der Waals surface area (Å²) in [6.45, 7) is 0.350. The second-order valence-electron chi connectivity index (χ2n) is 8.22. The van der Waals surface area contributed by atoms with Gasteiger partial charge in [0.15, 0.2) is 5.84 Å². The number of imidazole rings is 1. The first-order chi connectivity index (χ1) is 17.4. The number of urea groups is 1. The molecule has 11 nitrogen and oxygen atoms in total. The molecule has 1 atom stereocenters. The normalized spacial score (nSPS) is 15.9. The molecule has 1 aliphatic heterocycles. The molecule has 1 fully saturated rings. The fourth-order valence-electron chi connectivity index (χ4n) is 4.09. The lowest BCUT2D eigenvalue weighted by atomic mass is 10.0. The highest BCUT2D eigenvalue weighted by Gasteiger charge is 2.40. The van der Waals surface area contributed by atoms with Crippen molar-refractivity contribution in [2.75, 3.05) is 12.0 Å². The van der Waals surface area contributed by atoms with E-state index in [4.69, 9.17) is 16.3 Å². The van der Waals surface area contributed by atoms with Crippen molar-refractivity contribution in [3.63, 3.8) is 0 Å². The fourth-order valence-corrected chi connectivity index (χ4v) is 4.09. The Kier molecular flexibility index (Phi) is 5.97. The molecule has 0 radical (unpaired) electrons. The number of H-pyrrole nitrogens is 1. The highest BCUT2D eigenvalue weighted by atomic mass is 16.5. The van der Waals surface area contributed by atoms with Crippen molar-refractivity contribution < 1.29 is 14.3 Å². The molecule has 5 rings (SSSR count). The maximum absolute atomic E-state index is 12.7. The van der Waals surface area contributed by atoms with Crippen molar-refractivity contribution in [3.8, 4) is 5.75 Å². The Labute approximate surface area is 206 Å². The Hall–Kier alpha value is -4.90. The molecule has 1 unspecified atom stereocenters. The topological polar surface area (TPSA) is 155 Å². The van der Waals surface area contributed by atoms with Gasteiger partial charge in [0.1, 0.15) is 11.8 Å². The maximum atomic E-state index is 12.7. The number of hydrazone groups is 1. The minimum atomic E-state index is -0.831. The number of nitrogens with one attached hydrogen (secondary N) is 2. The van der Waals surface area contributed by atoms with Crippen LogP contribution in [-0.2, 0) is 11.3 Å². The van der Waals surface area contributed by atoms with E-state index in [-0.39, 0.29) is 5.84 Å². The first-order valence-electron chi connectivity index (χ1n) is 11.1. The zero-order valence-corrected chi connectivity index (χ0v) is 19.4. The van der Waals surface area contributed by atoms with Crippen LogP contribution in [0, 0.1) is 0 Å². The van der Waals surface area contributed by atoms with Gasteiger partial charge < -0.3 is 15.5 Å². The van der Waals surface area contributed by atoms with Gasteiger partial charge in [-0.25, -0.2) is 20.7 Å². The quantitative estimate of drug-likeness (QED) is 0.103. The molecule has 0 aliphatic carbocycles. The van der Waals surface area contributed by atoms with Crippen LogP contribution in [-0.4, -0.2) is 40.0 Å². The molecular weight excluding hydrogens is 460 g/mol. The number of aromatic amines is 1. The van der Waals surface area contributed by atoms with E-state index in [0.717, 1.165) is 16.8 Å². The number of nitrogens with two attached hydrogens (primary N) is 2. The van der Waals surface area contributed by atoms with Gasteiger partial charge in [-0.15, -0.1) is 5.10 Å². The molecule has 1 aliphatic rings. The Morgan fingerprint density at radius 2 is 1.86 bits per heavy atom. The van der Waals surface area contributed by atoms with Crippen molar-refractivity contribution in [3.05, 3.63) is 89.7 Å². The predicted octanol–water partition coefficient (Wildman–Crippen LogP) is 2.37. The number of methoxy groups -OCH3 is 1. The largest absolute Gasteiger partial charge is 0.497 e. The van der Waals surface area contributed by atoms with Crippen LogP contribution in [0.2, 0.25) is 0 Å². The Morgan fingerprint density at radius 1 is 1.11 bits per heavy atom. The number of hydrazine groups is 1. The summed E-state index contributed by atoms with van der Waals surface area (Å²) in [7, 11) is 1.61. The zero-order valence-electron chi connectivity index (χ0n) is 19.4. The van der Waals surface area contributed by atoms with Crippen LogP contribution in [0.3, 0.4) is 0 Å². The first kappa shape index (κ1) is 22.9. The number of fused-ring (bicyclic) bond motifs is 1. The molecule has 0 spiro atoms. The van der Waals surface area contributed by atoms with Gasteiger partial charge in [-0.05, 0) is 41.5 Å². The summed E-state index contributed by atoms with van der Waals surface area (Å²) in [5.74, 6) is 6.58. The summed E-state index contributed by atoms with van der Waals surface area (Å²) in [5.41, 5.74) is 10.4. The molecule has 3 aromatic carbocycles. The lowest BCUT2D eigenvalue weighted by Crippen LogP contribution is -2.30. The van der Waals surface area contributed by atoms with Crippen LogP contribution in [0.15, 0.2) is 78.2 Å². The minimum absolute atomic E-state index is 0.213. The number of rotatable bonds is 7. The van der Waals surface area contributed by atoms with E-state index < -0.39 is 18.0 Å². The Balaban J connectivity index is 1.34. The van der Waals surface area contributed by atoms with E-state index in [2.05, 4.69) is 20.4 Å². The molecule has 4 aromatic rings. The number of nitrogens with zero attached hydrogens (tertiary/aromatic N) is 4. The van der Waals surface area contributed by atoms with E-state index in [9.17, 15) is 9.59 Å². The third-order valence-corrected chi connectivity index (χ3v) is 5.90. The number of amidine groups is 1. The molecule has 6 N–H and O–H groups in total. The number of carbonyl (C=O) groups excluding carboxylic acids is 2. The van der Waals surface area contributed by atoms with Crippen LogP contribution in [0.1, 0.15) is 22.7 Å². The molecule has 2 heterocycles. The molecule has 0 bridgehead atoms. The fraction of sp³-hybridized carbons (Fsp3) is 0.120. The second-order valence-corrected chi connectivity index (χ2v) is 8.22. The number of imide groups is 1. The molecular formula is C25H24N8O3. The smallest absolute Gasteiger partial charge is 0.329 e. The predicted molar refractivity (Wildman–Crippen MR) is 135 cm³/mol. The van der Waals surface area contributed by atoms with Gasteiger partial charge in [-0.3, -0.25) is 15.0 Å². The van der Waals surface area contributed by atoms with E-state index in [1.54, 1.807) is 49.8 Å². The van der Waals surface area contributed by atoms with Gasteiger partial charge in [-0.2, -0.15) is 0 Å². The molecule has 11 heteroatoms. The monoisotopic (exact) mass is 484 g/mol. The van der Waals surface area contributed by atoms with E-state index in [0.29, 0.717) is 28.9 Å². The van der Waals surface area contributed by atoms with Gasteiger partial charge in [-0.1, -0.05) is 36.4 Å². The van der Waals surface area contributed by atoms with Crippen molar-refractivity contribution in [1.82, 2.24) is 20.4 Å². The maximum Gasteiger partial charge on any atom is 0.329 e. The summed E-state index contributed by atoms with van der Waals surface area (Å²) in [5, 5.41) is 7.89. The van der Waals surface area contributed by atoms with Crippen LogP contribution in [0.4, 0.5) is 10.5 Å². The van der Waals surface area contributed by atoms with Crippen molar-refractivity contribution in [1.29, 1.82) is 0 Å². The van der Waals surface area contributed by atoms with E-state index in [1.807, 2.05) is 30.3 Å². The molecule has 3 amide bonds. The standard InChI is InChI=1S/C25H24N8O3/c1-36-19-9-2-15(3-10-19)13-32(27)31-23(26)17-6-4-16(5-7-17)22-24(34)30-25(35)33(22)18-8-11-20-21(12-18)29-14-28-20/h2-12,14,22H,13,27H2,1H3,(H2,26,31)(H,28,29)(H,30,34,35). The van der Waals surface area contributed by atoms with Gasteiger partial charge in [0.25, 0.3) is 5.91 Å². The third kappa shape index (κ3) is 4.42. The zero-order chi connectivity index (χ0) is 25.2. The van der Waals surface area contributed by atoms with Crippen LogP contribution in [0.25, 0.3) is 11.0 Å². The van der Waals surface area contributed by atoms with Gasteiger partial charge in [0.2, 0.25) is 0 Å². The van der Waals surface area contributed by atoms with E-state index >= 15 is 0 Å². The number of hydrogen-bond donors (Lipinski definition) is 4. The number of hydrogen-bond acceptors (Lipinski definition) is 7. The lowest BCUT2D eigenvalue weighted by molar-refractivity contribution is -0.119. The average Bonchev–Trinajstić information content (AvgIpc) is 3.47. The summed E-state index contributed by atoms with van der Waals surface area (Å²) < 4.78 is 5.16. The summed E-state index contributed by atoms with van der Waals surface area (Å²) in [6.07, 6.45) is 1.57. The van der Waals surface area contributed by atoms with Crippen LogP contribution in [0.5, 0.6) is 5.75 Å². The third-order valence-electron chi connectivity index (χ3n) is 5.90. The highest BCUT2D eigenvalue weighted by Crippen LogP contribution is 2.32. The minimum Gasteiger partial charge on any atom is -0.497 e. The number of aromatic nitrogens is 2. The molecule has 36 heavy (non-hydrogen) atoms. The van der Waals surface area contributed by atoms with Crippen LogP contribution >= 0.6 is 0 Å². The average molecular weight is 485 g/mol. The van der Waals surface area contributed by atoms with Crippen molar-refractivity contribution in [2.45, 2.75) is 12.6 Å². The van der Waals surface area contributed by atoms with Gasteiger partial charge >= 0.3 is 6.03 Å². The van der Waals surface area contributed by atoms with E-state index in [1.165, 1.54) is 10.0 Å². The summed E-state index contributed by atoms with van der Waals surface area (Å²) >= 11 is 0. The number of amides is 3. The number of anilines is 1. The summed E-state index contributed by atoms with van der Waals surface area (Å²) in [6, 6.07) is 18.4. The Bertz CT molecular complexity index is 1450.